The number of nitriles is 1. The minimum absolute atomic E-state index is 0. The van der Waals surface area contributed by atoms with Crippen molar-refractivity contribution in [3.8, 4) is 6.07 Å². The first-order valence-corrected chi connectivity index (χ1v) is 2.68. The summed E-state index contributed by atoms with van der Waals surface area (Å²) in [6, 6.07) is 2.18. The lowest BCUT2D eigenvalue weighted by molar-refractivity contribution is 0.468. The topological polar surface area (TPSA) is 35.8 Å². The largest absolute Gasteiger partial charge is 0.318 e. The van der Waals surface area contributed by atoms with Gasteiger partial charge in [-0.3, -0.25) is 0 Å². The molecule has 0 spiro atoms. The number of hydrogen-bond donors (Lipinski definition) is 1. The number of halogens is 1. The summed E-state index contributed by atoms with van der Waals surface area (Å²) in [6.07, 6.45) is 0. The second-order valence-corrected chi connectivity index (χ2v) is 2.53. The molecule has 0 unspecified atom stereocenters. The lowest BCUT2D eigenvalue weighted by Crippen LogP contribution is -2.24. The molecule has 2 nitrogen and oxygen atoms in total. The van der Waals surface area contributed by atoms with Gasteiger partial charge in [0, 0.05) is 6.54 Å². The molecule has 0 aliphatic rings. The summed E-state index contributed by atoms with van der Waals surface area (Å²) in [5.74, 6) is 0. The van der Waals surface area contributed by atoms with Crippen LogP contribution in [-0.2, 0) is 0 Å². The van der Waals surface area contributed by atoms with Crippen molar-refractivity contribution < 1.29 is 0 Å². The molecule has 0 heterocycles. The zero-order valence-electron chi connectivity index (χ0n) is 6.06. The fraction of sp³-hybridized carbons (Fsp3) is 0.833. The van der Waals surface area contributed by atoms with Crippen molar-refractivity contribution in [3.05, 3.63) is 0 Å². The smallest absolute Gasteiger partial charge is 0.0697 e. The van der Waals surface area contributed by atoms with Gasteiger partial charge in [-0.05, 0) is 20.9 Å². The summed E-state index contributed by atoms with van der Waals surface area (Å²) in [5.41, 5.74) is -0.214. The highest BCUT2D eigenvalue weighted by atomic mass is 35.5. The van der Waals surface area contributed by atoms with E-state index in [4.69, 9.17) is 5.26 Å². The molecule has 0 rings (SSSR count). The van der Waals surface area contributed by atoms with Crippen molar-refractivity contribution in [2.75, 3.05) is 13.6 Å². The van der Waals surface area contributed by atoms with Gasteiger partial charge in [0.05, 0.1) is 11.5 Å². The molecular formula is C6H13ClN2. The molecule has 54 valence electrons. The summed E-state index contributed by atoms with van der Waals surface area (Å²) < 4.78 is 0. The lowest BCUT2D eigenvalue weighted by Gasteiger charge is -2.12. The molecule has 9 heavy (non-hydrogen) atoms. The first-order valence-electron chi connectivity index (χ1n) is 2.68. The molecule has 0 bridgehead atoms. The Morgan fingerprint density at radius 1 is 1.56 bits per heavy atom. The first-order chi connectivity index (χ1) is 3.62. The van der Waals surface area contributed by atoms with Gasteiger partial charge in [-0.25, -0.2) is 0 Å². The molecule has 0 aliphatic carbocycles. The van der Waals surface area contributed by atoms with Crippen LogP contribution in [0.15, 0.2) is 0 Å². The molecule has 0 aromatic heterocycles. The van der Waals surface area contributed by atoms with E-state index in [1.807, 2.05) is 20.9 Å². The first kappa shape index (κ1) is 11.5. The van der Waals surface area contributed by atoms with E-state index in [9.17, 15) is 0 Å². The van der Waals surface area contributed by atoms with Crippen LogP contribution < -0.4 is 5.32 Å². The van der Waals surface area contributed by atoms with Gasteiger partial charge in [-0.1, -0.05) is 0 Å². The normalized spacial score (nSPS) is 9.56. The van der Waals surface area contributed by atoms with Crippen molar-refractivity contribution in [3.63, 3.8) is 0 Å². The molecule has 0 aromatic rings. The molecule has 3 heteroatoms. The Hall–Kier alpha value is -0.260. The Morgan fingerprint density at radius 3 is 2.11 bits per heavy atom. The van der Waals surface area contributed by atoms with Gasteiger partial charge in [0.15, 0.2) is 0 Å². The quantitative estimate of drug-likeness (QED) is 0.639. The molecule has 0 atom stereocenters. The molecule has 0 amide bonds. The zero-order chi connectivity index (χ0) is 6.62. The maximum absolute atomic E-state index is 8.44. The van der Waals surface area contributed by atoms with E-state index in [0.29, 0.717) is 0 Å². The van der Waals surface area contributed by atoms with Crippen LogP contribution in [-0.4, -0.2) is 13.6 Å². The molecule has 0 aliphatic heterocycles. The molecule has 0 aromatic carbocycles. The van der Waals surface area contributed by atoms with Crippen molar-refractivity contribution in [2.24, 2.45) is 5.41 Å². The van der Waals surface area contributed by atoms with Gasteiger partial charge in [-0.2, -0.15) is 5.26 Å². The Balaban J connectivity index is 0. The summed E-state index contributed by atoms with van der Waals surface area (Å²) >= 11 is 0. The Morgan fingerprint density at radius 2 is 2.00 bits per heavy atom. The standard InChI is InChI=1S/C6H12N2.ClH/c1-6(2,4-7)5-8-3;/h8H,5H2,1-3H3;1H. The summed E-state index contributed by atoms with van der Waals surface area (Å²) in [4.78, 5) is 0. The van der Waals surface area contributed by atoms with Crippen molar-refractivity contribution in [1.29, 1.82) is 5.26 Å². The monoisotopic (exact) mass is 148 g/mol. The minimum atomic E-state index is -0.214. The fourth-order valence-corrected chi connectivity index (χ4v) is 0.481. The van der Waals surface area contributed by atoms with Crippen LogP contribution in [0.4, 0.5) is 0 Å². The Bertz CT molecular complexity index is 104. The van der Waals surface area contributed by atoms with Crippen LogP contribution >= 0.6 is 12.4 Å². The highest BCUT2D eigenvalue weighted by Crippen LogP contribution is 2.09. The summed E-state index contributed by atoms with van der Waals surface area (Å²) in [5, 5.41) is 11.4. The number of nitrogens with one attached hydrogen (secondary N) is 1. The molecule has 0 fully saturated rings. The van der Waals surface area contributed by atoms with Gasteiger partial charge in [0.25, 0.3) is 0 Å². The van der Waals surface area contributed by atoms with Crippen molar-refractivity contribution in [1.82, 2.24) is 5.32 Å². The van der Waals surface area contributed by atoms with Gasteiger partial charge in [0.2, 0.25) is 0 Å². The van der Waals surface area contributed by atoms with Crippen LogP contribution in [0.5, 0.6) is 0 Å². The van der Waals surface area contributed by atoms with Gasteiger partial charge in [0.1, 0.15) is 0 Å². The maximum atomic E-state index is 8.44. The second kappa shape index (κ2) is 4.60. The summed E-state index contributed by atoms with van der Waals surface area (Å²) in [6.45, 7) is 4.57. The van der Waals surface area contributed by atoms with E-state index in [1.165, 1.54) is 0 Å². The zero-order valence-corrected chi connectivity index (χ0v) is 6.88. The number of rotatable bonds is 2. The predicted molar refractivity (Wildman–Crippen MR) is 40.6 cm³/mol. The number of nitrogens with zero attached hydrogens (tertiary/aromatic N) is 1. The number of hydrogen-bond acceptors (Lipinski definition) is 2. The third kappa shape index (κ3) is 5.61. The maximum Gasteiger partial charge on any atom is 0.0697 e. The third-order valence-electron chi connectivity index (χ3n) is 0.921. The highest BCUT2D eigenvalue weighted by Gasteiger charge is 2.13. The van der Waals surface area contributed by atoms with Crippen LogP contribution in [0.2, 0.25) is 0 Å². The highest BCUT2D eigenvalue weighted by molar-refractivity contribution is 5.85. The molecule has 0 saturated carbocycles. The van der Waals surface area contributed by atoms with Crippen LogP contribution in [0, 0.1) is 16.7 Å². The van der Waals surface area contributed by atoms with Crippen LogP contribution in [0.3, 0.4) is 0 Å². The van der Waals surface area contributed by atoms with E-state index in [1.54, 1.807) is 0 Å². The SMILES string of the molecule is CNCC(C)(C)C#N.Cl. The van der Waals surface area contributed by atoms with E-state index < -0.39 is 0 Å². The van der Waals surface area contributed by atoms with E-state index in [2.05, 4.69) is 11.4 Å². The predicted octanol–water partition coefficient (Wildman–Crippen LogP) is 1.18. The van der Waals surface area contributed by atoms with Gasteiger partial charge < -0.3 is 5.32 Å². The van der Waals surface area contributed by atoms with E-state index >= 15 is 0 Å². The fourth-order valence-electron chi connectivity index (χ4n) is 0.481. The molecular weight excluding hydrogens is 136 g/mol. The average molecular weight is 149 g/mol. The average Bonchev–Trinajstić information content (AvgIpc) is 1.67. The Kier molecular flexibility index (Phi) is 5.89. The molecule has 0 saturated heterocycles. The van der Waals surface area contributed by atoms with E-state index in [-0.39, 0.29) is 17.8 Å². The van der Waals surface area contributed by atoms with Crippen LogP contribution in [0.25, 0.3) is 0 Å². The third-order valence-corrected chi connectivity index (χ3v) is 0.921. The molecule has 1 N–H and O–H groups in total. The van der Waals surface area contributed by atoms with Gasteiger partial charge in [-0.15, -0.1) is 12.4 Å². The van der Waals surface area contributed by atoms with Crippen molar-refractivity contribution in [2.45, 2.75) is 13.8 Å². The van der Waals surface area contributed by atoms with Crippen molar-refractivity contribution >= 4 is 12.4 Å². The van der Waals surface area contributed by atoms with E-state index in [0.717, 1.165) is 6.54 Å². The lowest BCUT2D eigenvalue weighted by atomic mass is 9.96. The summed E-state index contributed by atoms with van der Waals surface area (Å²) in [7, 11) is 1.85. The Labute approximate surface area is 62.7 Å². The van der Waals surface area contributed by atoms with Crippen LogP contribution in [0.1, 0.15) is 13.8 Å². The second-order valence-electron chi connectivity index (χ2n) is 2.53. The minimum Gasteiger partial charge on any atom is -0.318 e. The van der Waals surface area contributed by atoms with Gasteiger partial charge >= 0.3 is 0 Å². The molecule has 0 radical (unpaired) electrons.